The van der Waals surface area contributed by atoms with Gasteiger partial charge in [0.05, 0.1) is 16.8 Å². The monoisotopic (exact) mass is 333 g/mol. The van der Waals surface area contributed by atoms with Gasteiger partial charge in [-0.15, -0.1) is 0 Å². The van der Waals surface area contributed by atoms with Crippen molar-refractivity contribution in [3.8, 4) is 0 Å². The van der Waals surface area contributed by atoms with E-state index in [2.05, 4.69) is 5.32 Å². The third-order valence-corrected chi connectivity index (χ3v) is 4.62. The third kappa shape index (κ3) is 5.53. The van der Waals surface area contributed by atoms with Crippen molar-refractivity contribution in [3.63, 3.8) is 0 Å². The SMILES string of the molecule is CCN(CCCNC(=O)c1ccc(N)cc1Cl)S(C)(=O)=O. The number of benzene rings is 1. The molecule has 0 heterocycles. The lowest BCUT2D eigenvalue weighted by molar-refractivity contribution is 0.0953. The van der Waals surface area contributed by atoms with Crippen molar-refractivity contribution in [2.45, 2.75) is 13.3 Å². The topological polar surface area (TPSA) is 92.5 Å². The van der Waals surface area contributed by atoms with Crippen molar-refractivity contribution in [2.24, 2.45) is 0 Å². The van der Waals surface area contributed by atoms with Gasteiger partial charge in [-0.1, -0.05) is 18.5 Å². The summed E-state index contributed by atoms with van der Waals surface area (Å²) in [7, 11) is -3.19. The summed E-state index contributed by atoms with van der Waals surface area (Å²) in [6, 6.07) is 4.67. The van der Waals surface area contributed by atoms with Crippen LogP contribution in [0.15, 0.2) is 18.2 Å². The van der Waals surface area contributed by atoms with Gasteiger partial charge in [0, 0.05) is 25.3 Å². The Morgan fingerprint density at radius 1 is 1.43 bits per heavy atom. The van der Waals surface area contributed by atoms with E-state index in [1.807, 2.05) is 0 Å². The molecule has 1 aromatic carbocycles. The number of hydrogen-bond donors (Lipinski definition) is 2. The number of carbonyl (C=O) groups excluding carboxylic acids is 1. The van der Waals surface area contributed by atoms with Crippen molar-refractivity contribution in [2.75, 3.05) is 31.6 Å². The Bertz CT molecular complexity index is 605. The molecule has 3 N–H and O–H groups in total. The second kappa shape index (κ2) is 7.63. The predicted molar refractivity (Wildman–Crippen MR) is 84.9 cm³/mol. The van der Waals surface area contributed by atoms with Crippen LogP contribution in [0.5, 0.6) is 0 Å². The number of rotatable bonds is 7. The number of nitrogen functional groups attached to an aromatic ring is 1. The lowest BCUT2D eigenvalue weighted by Gasteiger charge is -2.17. The largest absolute Gasteiger partial charge is 0.399 e. The van der Waals surface area contributed by atoms with E-state index in [-0.39, 0.29) is 5.91 Å². The number of nitrogens with zero attached hydrogens (tertiary/aromatic N) is 1. The molecule has 0 radical (unpaired) electrons. The molecule has 1 aromatic rings. The van der Waals surface area contributed by atoms with E-state index in [1.165, 1.54) is 16.6 Å². The molecule has 118 valence electrons. The third-order valence-electron chi connectivity index (χ3n) is 2.93. The highest BCUT2D eigenvalue weighted by atomic mass is 35.5. The zero-order chi connectivity index (χ0) is 16.0. The van der Waals surface area contributed by atoms with E-state index in [0.717, 1.165) is 0 Å². The maximum absolute atomic E-state index is 11.9. The van der Waals surface area contributed by atoms with Crippen LogP contribution in [0.2, 0.25) is 5.02 Å². The van der Waals surface area contributed by atoms with Gasteiger partial charge in [0.2, 0.25) is 10.0 Å². The Labute approximate surface area is 130 Å². The van der Waals surface area contributed by atoms with E-state index in [4.69, 9.17) is 17.3 Å². The number of sulfonamides is 1. The normalized spacial score (nSPS) is 11.6. The first kappa shape index (κ1) is 17.7. The summed E-state index contributed by atoms with van der Waals surface area (Å²) in [6.45, 7) is 2.92. The van der Waals surface area contributed by atoms with Crippen LogP contribution < -0.4 is 11.1 Å². The second-order valence-electron chi connectivity index (χ2n) is 4.60. The Morgan fingerprint density at radius 2 is 2.10 bits per heavy atom. The van der Waals surface area contributed by atoms with Crippen LogP contribution in [0, 0.1) is 0 Å². The summed E-state index contributed by atoms with van der Waals surface area (Å²) < 4.78 is 24.2. The quantitative estimate of drug-likeness (QED) is 0.581. The fourth-order valence-electron chi connectivity index (χ4n) is 1.83. The molecule has 0 unspecified atom stereocenters. The fourth-order valence-corrected chi connectivity index (χ4v) is 3.03. The lowest BCUT2D eigenvalue weighted by Crippen LogP contribution is -2.33. The van der Waals surface area contributed by atoms with Gasteiger partial charge in [-0.25, -0.2) is 12.7 Å². The maximum atomic E-state index is 11.9. The summed E-state index contributed by atoms with van der Waals surface area (Å²) in [5.74, 6) is -0.303. The minimum Gasteiger partial charge on any atom is -0.399 e. The fraction of sp³-hybridized carbons (Fsp3) is 0.462. The number of hydrogen-bond acceptors (Lipinski definition) is 4. The van der Waals surface area contributed by atoms with Gasteiger partial charge >= 0.3 is 0 Å². The number of halogens is 1. The van der Waals surface area contributed by atoms with E-state index in [1.54, 1.807) is 19.1 Å². The Kier molecular flexibility index (Phi) is 6.44. The summed E-state index contributed by atoms with van der Waals surface area (Å²) in [5, 5.41) is 3.00. The predicted octanol–water partition coefficient (Wildman–Crippen LogP) is 1.32. The summed E-state index contributed by atoms with van der Waals surface area (Å²) in [6.07, 6.45) is 1.70. The van der Waals surface area contributed by atoms with Gasteiger partial charge in [-0.3, -0.25) is 4.79 Å². The average Bonchev–Trinajstić information content (AvgIpc) is 2.36. The van der Waals surface area contributed by atoms with Crippen LogP contribution in [0.1, 0.15) is 23.7 Å². The van der Waals surface area contributed by atoms with Crippen molar-refractivity contribution in [1.29, 1.82) is 0 Å². The smallest absolute Gasteiger partial charge is 0.252 e. The molecule has 0 aliphatic rings. The van der Waals surface area contributed by atoms with E-state index in [9.17, 15) is 13.2 Å². The molecule has 0 saturated carbocycles. The molecule has 6 nitrogen and oxygen atoms in total. The average molecular weight is 334 g/mol. The van der Waals surface area contributed by atoms with Gasteiger partial charge < -0.3 is 11.1 Å². The van der Waals surface area contributed by atoms with E-state index in [0.29, 0.717) is 42.3 Å². The molecule has 21 heavy (non-hydrogen) atoms. The Hall–Kier alpha value is -1.31. The summed E-state index contributed by atoms with van der Waals surface area (Å²) in [4.78, 5) is 11.9. The van der Waals surface area contributed by atoms with Crippen LogP contribution in [0.3, 0.4) is 0 Å². The number of anilines is 1. The first-order chi connectivity index (χ1) is 9.75. The molecule has 0 aliphatic heterocycles. The number of carbonyl (C=O) groups is 1. The van der Waals surface area contributed by atoms with Gasteiger partial charge in [0.25, 0.3) is 5.91 Å². The standard InChI is InChI=1S/C13H20ClN3O3S/c1-3-17(21(2,19)20)8-4-7-16-13(18)11-6-5-10(15)9-12(11)14/h5-6,9H,3-4,7-8,15H2,1-2H3,(H,16,18). The number of nitrogens with one attached hydrogen (secondary N) is 1. The zero-order valence-electron chi connectivity index (χ0n) is 12.1. The maximum Gasteiger partial charge on any atom is 0.252 e. The van der Waals surface area contributed by atoms with Crippen LogP contribution in [0.25, 0.3) is 0 Å². The number of nitrogens with two attached hydrogens (primary N) is 1. The molecule has 1 amide bonds. The lowest BCUT2D eigenvalue weighted by atomic mass is 10.2. The Morgan fingerprint density at radius 3 is 2.62 bits per heavy atom. The highest BCUT2D eigenvalue weighted by molar-refractivity contribution is 7.88. The first-order valence-electron chi connectivity index (χ1n) is 6.54. The molecule has 0 atom stereocenters. The molecule has 0 aromatic heterocycles. The van der Waals surface area contributed by atoms with Crippen molar-refractivity contribution >= 4 is 33.2 Å². The van der Waals surface area contributed by atoms with Gasteiger partial charge in [-0.2, -0.15) is 0 Å². The molecule has 0 saturated heterocycles. The van der Waals surface area contributed by atoms with Crippen molar-refractivity contribution < 1.29 is 13.2 Å². The Balaban J connectivity index is 2.47. The molecular weight excluding hydrogens is 314 g/mol. The van der Waals surface area contributed by atoms with E-state index < -0.39 is 10.0 Å². The number of amides is 1. The highest BCUT2D eigenvalue weighted by Gasteiger charge is 2.14. The van der Waals surface area contributed by atoms with Crippen LogP contribution in [0.4, 0.5) is 5.69 Å². The molecule has 1 rings (SSSR count). The van der Waals surface area contributed by atoms with E-state index >= 15 is 0 Å². The van der Waals surface area contributed by atoms with Gasteiger partial charge in [0.1, 0.15) is 0 Å². The minimum atomic E-state index is -3.19. The first-order valence-corrected chi connectivity index (χ1v) is 8.76. The molecule has 0 aliphatic carbocycles. The van der Waals surface area contributed by atoms with Gasteiger partial charge in [0.15, 0.2) is 0 Å². The zero-order valence-corrected chi connectivity index (χ0v) is 13.7. The van der Waals surface area contributed by atoms with Crippen LogP contribution >= 0.6 is 11.6 Å². The summed E-state index contributed by atoms with van der Waals surface area (Å²) >= 11 is 5.94. The van der Waals surface area contributed by atoms with Crippen molar-refractivity contribution in [1.82, 2.24) is 9.62 Å². The van der Waals surface area contributed by atoms with Gasteiger partial charge in [-0.05, 0) is 24.6 Å². The summed E-state index contributed by atoms with van der Waals surface area (Å²) in [5.41, 5.74) is 6.40. The molecule has 8 heteroatoms. The molecule has 0 bridgehead atoms. The molecular formula is C13H20ClN3O3S. The second-order valence-corrected chi connectivity index (χ2v) is 6.99. The van der Waals surface area contributed by atoms with Crippen LogP contribution in [-0.4, -0.2) is 44.5 Å². The van der Waals surface area contributed by atoms with Crippen LogP contribution in [-0.2, 0) is 10.0 Å². The highest BCUT2D eigenvalue weighted by Crippen LogP contribution is 2.18. The molecule has 0 fully saturated rings. The molecule has 0 spiro atoms. The van der Waals surface area contributed by atoms with Crippen molar-refractivity contribution in [3.05, 3.63) is 28.8 Å². The minimum absolute atomic E-state index is 0.291.